The molecule has 0 atom stereocenters. The normalized spacial score (nSPS) is 13.6. The maximum absolute atomic E-state index is 13.8. The van der Waals surface area contributed by atoms with E-state index in [9.17, 15) is 9.59 Å². The molecule has 0 bridgehead atoms. The van der Waals surface area contributed by atoms with Crippen LogP contribution < -0.4 is 29.7 Å². The Morgan fingerprint density at radius 2 is 1.63 bits per heavy atom. The summed E-state index contributed by atoms with van der Waals surface area (Å²) < 4.78 is 23.4. The van der Waals surface area contributed by atoms with Crippen LogP contribution in [-0.4, -0.2) is 76.0 Å². The third-order valence-electron chi connectivity index (χ3n) is 8.96. The Balaban J connectivity index is 1.41. The zero-order chi connectivity index (χ0) is 35.2. The van der Waals surface area contributed by atoms with Crippen LogP contribution in [0.3, 0.4) is 0 Å². The number of nitrogens with one attached hydrogen (secondary N) is 2. The Labute approximate surface area is 292 Å². The number of nitrogens with zero attached hydrogens (tertiary/aromatic N) is 2. The van der Waals surface area contributed by atoms with Crippen molar-refractivity contribution in [3.8, 4) is 23.0 Å². The Morgan fingerprint density at radius 1 is 0.918 bits per heavy atom. The average Bonchev–Trinajstić information content (AvgIpc) is 3.12. The highest BCUT2D eigenvalue weighted by atomic mass is 16.5. The SMILES string of the molecule is CCCCN1CCC(Oc2ccc(C(=O)N(CCOC)c3ccc(Oc4ccc(NC(=O)NC(CC)CC)cc4OC)cc3)cc2C)CC1. The van der Waals surface area contributed by atoms with Crippen LogP contribution in [0.4, 0.5) is 16.2 Å². The number of piperidine rings is 1. The molecule has 0 aliphatic carbocycles. The molecular weight excluding hydrogens is 620 g/mol. The van der Waals surface area contributed by atoms with E-state index in [1.807, 2.05) is 63.2 Å². The molecule has 0 unspecified atom stereocenters. The summed E-state index contributed by atoms with van der Waals surface area (Å²) in [6.07, 6.45) is 6.40. The number of aryl methyl sites for hydroxylation is 1. The topological polar surface area (TPSA) is 102 Å². The highest BCUT2D eigenvalue weighted by Gasteiger charge is 2.23. The fourth-order valence-electron chi connectivity index (χ4n) is 5.91. The lowest BCUT2D eigenvalue weighted by Gasteiger charge is -2.32. The number of anilines is 2. The summed E-state index contributed by atoms with van der Waals surface area (Å²) in [7, 11) is 3.18. The van der Waals surface area contributed by atoms with Crippen molar-refractivity contribution < 1.29 is 28.5 Å². The summed E-state index contributed by atoms with van der Waals surface area (Å²) in [5.74, 6) is 2.25. The van der Waals surface area contributed by atoms with Crippen molar-refractivity contribution in [2.45, 2.75) is 78.4 Å². The van der Waals surface area contributed by atoms with Gasteiger partial charge in [0.15, 0.2) is 11.5 Å². The maximum atomic E-state index is 13.8. The van der Waals surface area contributed by atoms with Crippen molar-refractivity contribution in [2.24, 2.45) is 0 Å². The number of benzene rings is 3. The van der Waals surface area contributed by atoms with Crippen LogP contribution in [0.1, 0.15) is 75.2 Å². The van der Waals surface area contributed by atoms with E-state index < -0.39 is 0 Å². The van der Waals surface area contributed by atoms with Crippen molar-refractivity contribution in [1.29, 1.82) is 0 Å². The molecule has 1 fully saturated rings. The van der Waals surface area contributed by atoms with E-state index in [-0.39, 0.29) is 24.1 Å². The second kappa shape index (κ2) is 19.0. The van der Waals surface area contributed by atoms with Gasteiger partial charge in [0.2, 0.25) is 0 Å². The molecular formula is C39H54N4O6. The minimum Gasteiger partial charge on any atom is -0.493 e. The molecule has 2 N–H and O–H groups in total. The first-order valence-electron chi connectivity index (χ1n) is 17.6. The monoisotopic (exact) mass is 674 g/mol. The lowest BCUT2D eigenvalue weighted by molar-refractivity contribution is 0.0972. The molecule has 4 rings (SSSR count). The number of amides is 3. The number of urea groups is 1. The fourth-order valence-corrected chi connectivity index (χ4v) is 5.91. The van der Waals surface area contributed by atoms with E-state index >= 15 is 0 Å². The Hall–Kier alpha value is -4.28. The molecule has 3 aromatic carbocycles. The van der Waals surface area contributed by atoms with Crippen molar-refractivity contribution in [2.75, 3.05) is 57.2 Å². The largest absolute Gasteiger partial charge is 0.493 e. The number of hydrogen-bond donors (Lipinski definition) is 2. The number of hydrogen-bond acceptors (Lipinski definition) is 7. The predicted molar refractivity (Wildman–Crippen MR) is 196 cm³/mol. The summed E-state index contributed by atoms with van der Waals surface area (Å²) >= 11 is 0. The summed E-state index contributed by atoms with van der Waals surface area (Å²) in [4.78, 5) is 30.5. The van der Waals surface area contributed by atoms with Crippen LogP contribution in [0.25, 0.3) is 0 Å². The molecule has 0 spiro atoms. The van der Waals surface area contributed by atoms with Gasteiger partial charge in [-0.3, -0.25) is 4.79 Å². The predicted octanol–water partition coefficient (Wildman–Crippen LogP) is 8.04. The number of likely N-dealkylation sites (tertiary alicyclic amines) is 1. The maximum Gasteiger partial charge on any atom is 0.319 e. The van der Waals surface area contributed by atoms with Crippen LogP contribution in [0, 0.1) is 6.92 Å². The van der Waals surface area contributed by atoms with E-state index in [0.717, 1.165) is 62.3 Å². The summed E-state index contributed by atoms with van der Waals surface area (Å²) in [5.41, 5.74) is 2.84. The van der Waals surface area contributed by atoms with Gasteiger partial charge in [-0.2, -0.15) is 0 Å². The summed E-state index contributed by atoms with van der Waals surface area (Å²) in [6.45, 7) is 12.4. The molecule has 10 heteroatoms. The molecule has 0 aromatic heterocycles. The molecule has 0 saturated carbocycles. The third-order valence-corrected chi connectivity index (χ3v) is 8.96. The van der Waals surface area contributed by atoms with Crippen LogP contribution in [0.5, 0.6) is 23.0 Å². The Morgan fingerprint density at radius 3 is 2.27 bits per heavy atom. The zero-order valence-corrected chi connectivity index (χ0v) is 30.1. The summed E-state index contributed by atoms with van der Waals surface area (Å²) in [5, 5.41) is 5.82. The Bertz CT molecular complexity index is 1490. The number of carbonyl (C=O) groups excluding carboxylic acids is 2. The first-order chi connectivity index (χ1) is 23.8. The smallest absolute Gasteiger partial charge is 0.319 e. The molecule has 10 nitrogen and oxygen atoms in total. The molecule has 1 saturated heterocycles. The lowest BCUT2D eigenvalue weighted by atomic mass is 10.1. The highest BCUT2D eigenvalue weighted by molar-refractivity contribution is 6.06. The minimum absolute atomic E-state index is 0.116. The van der Waals surface area contributed by atoms with E-state index in [1.165, 1.54) is 12.8 Å². The van der Waals surface area contributed by atoms with Crippen molar-refractivity contribution >= 4 is 23.3 Å². The van der Waals surface area contributed by atoms with Gasteiger partial charge >= 0.3 is 6.03 Å². The van der Waals surface area contributed by atoms with Gasteiger partial charge in [0.05, 0.1) is 13.7 Å². The van der Waals surface area contributed by atoms with Crippen molar-refractivity contribution in [3.63, 3.8) is 0 Å². The zero-order valence-electron chi connectivity index (χ0n) is 30.1. The van der Waals surface area contributed by atoms with E-state index in [2.05, 4.69) is 22.5 Å². The number of unbranched alkanes of at least 4 members (excludes halogenated alkanes) is 1. The van der Waals surface area contributed by atoms with Gasteiger partial charge in [-0.1, -0.05) is 27.2 Å². The van der Waals surface area contributed by atoms with Crippen molar-refractivity contribution in [3.05, 3.63) is 71.8 Å². The minimum atomic E-state index is -0.263. The molecule has 1 aliphatic rings. The van der Waals surface area contributed by atoms with Gasteiger partial charge in [0.25, 0.3) is 5.91 Å². The number of methoxy groups -OCH3 is 2. The molecule has 266 valence electrons. The van der Waals surface area contributed by atoms with Gasteiger partial charge in [0.1, 0.15) is 17.6 Å². The van der Waals surface area contributed by atoms with Gasteiger partial charge in [0, 0.05) is 55.8 Å². The quantitative estimate of drug-likeness (QED) is 0.149. The molecule has 3 amide bonds. The van der Waals surface area contributed by atoms with Gasteiger partial charge in [-0.15, -0.1) is 0 Å². The first-order valence-corrected chi connectivity index (χ1v) is 17.6. The number of carbonyl (C=O) groups is 2. The Kier molecular flexibility index (Phi) is 14.6. The van der Waals surface area contributed by atoms with Crippen LogP contribution in [0.15, 0.2) is 60.7 Å². The van der Waals surface area contributed by atoms with E-state index in [4.69, 9.17) is 18.9 Å². The molecule has 1 heterocycles. The second-order valence-corrected chi connectivity index (χ2v) is 12.5. The van der Waals surface area contributed by atoms with Crippen LogP contribution in [-0.2, 0) is 4.74 Å². The lowest BCUT2D eigenvalue weighted by Crippen LogP contribution is -2.38. The van der Waals surface area contributed by atoms with Gasteiger partial charge in [-0.25, -0.2) is 4.79 Å². The number of rotatable bonds is 17. The molecule has 1 aliphatic heterocycles. The fraction of sp³-hybridized carbons (Fsp3) is 0.487. The first kappa shape index (κ1) is 37.5. The highest BCUT2D eigenvalue weighted by Crippen LogP contribution is 2.35. The van der Waals surface area contributed by atoms with Crippen molar-refractivity contribution in [1.82, 2.24) is 10.2 Å². The third kappa shape index (κ3) is 10.9. The molecule has 49 heavy (non-hydrogen) atoms. The summed E-state index contributed by atoms with van der Waals surface area (Å²) in [6, 6.07) is 18.1. The van der Waals surface area contributed by atoms with E-state index in [0.29, 0.717) is 41.7 Å². The second-order valence-electron chi connectivity index (χ2n) is 12.5. The van der Waals surface area contributed by atoms with Crippen LogP contribution in [0.2, 0.25) is 0 Å². The molecule has 3 aromatic rings. The van der Waals surface area contributed by atoms with E-state index in [1.54, 1.807) is 37.3 Å². The number of ether oxygens (including phenoxy) is 4. The van der Waals surface area contributed by atoms with Gasteiger partial charge in [-0.05, 0) is 106 Å². The average molecular weight is 675 g/mol. The molecule has 0 radical (unpaired) electrons. The van der Waals surface area contributed by atoms with Crippen LogP contribution >= 0.6 is 0 Å². The van der Waals surface area contributed by atoms with Gasteiger partial charge < -0.3 is 39.4 Å². The standard InChI is InChI=1S/C39H54N4O6/c1-7-10-21-42-22-19-34(20-23-42)48-35-17-11-29(26-28(35)4)38(44)43(24-25-46-5)32-13-15-33(16-14-32)49-36-18-12-31(27-37(36)47-6)41-39(45)40-30(8-2)9-3/h11-18,26-27,30,34H,7-10,19-25H2,1-6H3,(H2,40,41,45).